The van der Waals surface area contributed by atoms with Crippen LogP contribution in [0.15, 0.2) is 54.7 Å². The Morgan fingerprint density at radius 3 is 2.68 bits per heavy atom. The second-order valence-corrected chi connectivity index (χ2v) is 5.52. The molecule has 3 rings (SSSR count). The molecular formula is C19H17N5O. The van der Waals surface area contributed by atoms with E-state index in [-0.39, 0.29) is 11.7 Å². The number of anilines is 2. The Morgan fingerprint density at radius 1 is 1.28 bits per heavy atom. The van der Waals surface area contributed by atoms with Gasteiger partial charge in [-0.1, -0.05) is 19.1 Å². The minimum Gasteiger partial charge on any atom is -0.382 e. The summed E-state index contributed by atoms with van der Waals surface area (Å²) in [4.78, 5) is 12.4. The Labute approximate surface area is 145 Å². The summed E-state index contributed by atoms with van der Waals surface area (Å²) in [6, 6.07) is 16.6. The van der Waals surface area contributed by atoms with Gasteiger partial charge >= 0.3 is 0 Å². The van der Waals surface area contributed by atoms with Crippen molar-refractivity contribution >= 4 is 17.4 Å². The van der Waals surface area contributed by atoms with Gasteiger partial charge in [0.15, 0.2) is 0 Å². The summed E-state index contributed by atoms with van der Waals surface area (Å²) in [5.41, 5.74) is 9.33. The molecule has 0 saturated carbocycles. The lowest BCUT2D eigenvalue weighted by molar-refractivity contribution is 0.102. The fourth-order valence-corrected chi connectivity index (χ4v) is 2.48. The quantitative estimate of drug-likeness (QED) is 0.767. The second-order valence-electron chi connectivity index (χ2n) is 5.52. The number of amides is 1. The lowest BCUT2D eigenvalue weighted by atomic mass is 10.1. The van der Waals surface area contributed by atoms with Gasteiger partial charge in [-0.15, -0.1) is 0 Å². The third kappa shape index (κ3) is 3.35. The molecule has 0 aliphatic carbocycles. The van der Waals surface area contributed by atoms with Gasteiger partial charge in [0.1, 0.15) is 17.5 Å². The van der Waals surface area contributed by atoms with Gasteiger partial charge in [0, 0.05) is 11.3 Å². The first-order chi connectivity index (χ1) is 12.1. The van der Waals surface area contributed by atoms with E-state index >= 15 is 0 Å². The number of nitrogens with one attached hydrogen (secondary N) is 1. The van der Waals surface area contributed by atoms with Gasteiger partial charge in [-0.05, 0) is 48.4 Å². The van der Waals surface area contributed by atoms with E-state index in [4.69, 9.17) is 11.0 Å². The Bertz CT molecular complexity index is 951. The number of aryl methyl sites for hydroxylation is 1. The Hall–Kier alpha value is -3.59. The SMILES string of the molecule is CCc1cccc(NC(=O)c2ccc(-n3ncc(C#N)c3N)cc2)c1. The Kier molecular flexibility index (Phi) is 4.48. The van der Waals surface area contributed by atoms with E-state index in [1.807, 2.05) is 30.3 Å². The van der Waals surface area contributed by atoms with Crippen LogP contribution in [0, 0.1) is 11.3 Å². The first-order valence-corrected chi connectivity index (χ1v) is 7.86. The zero-order valence-corrected chi connectivity index (χ0v) is 13.7. The van der Waals surface area contributed by atoms with Gasteiger partial charge < -0.3 is 11.1 Å². The lowest BCUT2D eigenvalue weighted by Gasteiger charge is -2.08. The minimum absolute atomic E-state index is 0.189. The van der Waals surface area contributed by atoms with Crippen LogP contribution in [-0.4, -0.2) is 15.7 Å². The molecule has 1 amide bonds. The molecule has 0 unspecified atom stereocenters. The molecule has 124 valence electrons. The van der Waals surface area contributed by atoms with E-state index in [0.717, 1.165) is 17.7 Å². The fourth-order valence-electron chi connectivity index (χ4n) is 2.48. The van der Waals surface area contributed by atoms with Crippen LogP contribution in [0.5, 0.6) is 0 Å². The summed E-state index contributed by atoms with van der Waals surface area (Å²) in [5.74, 6) is 0.0852. The summed E-state index contributed by atoms with van der Waals surface area (Å²) in [6.07, 6.45) is 2.32. The van der Waals surface area contributed by atoms with E-state index in [0.29, 0.717) is 16.8 Å². The summed E-state index contributed by atoms with van der Waals surface area (Å²) < 4.78 is 1.46. The Morgan fingerprint density at radius 2 is 2.04 bits per heavy atom. The number of hydrogen-bond acceptors (Lipinski definition) is 4. The van der Waals surface area contributed by atoms with Gasteiger partial charge in [-0.25, -0.2) is 4.68 Å². The number of aromatic nitrogens is 2. The molecule has 3 N–H and O–H groups in total. The van der Waals surface area contributed by atoms with Crippen molar-refractivity contribution in [3.05, 3.63) is 71.4 Å². The van der Waals surface area contributed by atoms with Crippen molar-refractivity contribution < 1.29 is 4.79 Å². The van der Waals surface area contributed by atoms with Crippen molar-refractivity contribution in [2.75, 3.05) is 11.1 Å². The second kappa shape index (κ2) is 6.89. The first-order valence-electron chi connectivity index (χ1n) is 7.86. The third-order valence-corrected chi connectivity index (χ3v) is 3.89. The van der Waals surface area contributed by atoms with Crippen molar-refractivity contribution in [1.82, 2.24) is 9.78 Å². The fraction of sp³-hybridized carbons (Fsp3) is 0.105. The summed E-state index contributed by atoms with van der Waals surface area (Å²) >= 11 is 0. The molecular weight excluding hydrogens is 314 g/mol. The predicted octanol–water partition coefficient (Wildman–Crippen LogP) is 3.14. The molecule has 0 atom stereocenters. The molecule has 1 heterocycles. The number of nitrogens with zero attached hydrogens (tertiary/aromatic N) is 3. The molecule has 0 spiro atoms. The molecule has 3 aromatic rings. The summed E-state index contributed by atoms with van der Waals surface area (Å²) in [6.45, 7) is 2.07. The zero-order valence-electron chi connectivity index (χ0n) is 13.7. The topological polar surface area (TPSA) is 96.7 Å². The Balaban J connectivity index is 1.78. The maximum Gasteiger partial charge on any atom is 0.255 e. The lowest BCUT2D eigenvalue weighted by Crippen LogP contribution is -2.12. The van der Waals surface area contributed by atoms with Gasteiger partial charge in [-0.3, -0.25) is 4.79 Å². The van der Waals surface area contributed by atoms with Gasteiger partial charge in [-0.2, -0.15) is 10.4 Å². The monoisotopic (exact) mass is 331 g/mol. The summed E-state index contributed by atoms with van der Waals surface area (Å²) in [5, 5.41) is 15.9. The molecule has 0 aliphatic rings. The van der Waals surface area contributed by atoms with Crippen LogP contribution in [0.4, 0.5) is 11.5 Å². The highest BCUT2D eigenvalue weighted by molar-refractivity contribution is 6.04. The average Bonchev–Trinajstić information content (AvgIpc) is 3.02. The average molecular weight is 331 g/mol. The van der Waals surface area contributed by atoms with Crippen molar-refractivity contribution in [2.24, 2.45) is 0 Å². The van der Waals surface area contributed by atoms with Crippen LogP contribution in [0.25, 0.3) is 5.69 Å². The molecule has 6 heteroatoms. The summed E-state index contributed by atoms with van der Waals surface area (Å²) in [7, 11) is 0. The van der Waals surface area contributed by atoms with Crippen molar-refractivity contribution in [3.8, 4) is 11.8 Å². The van der Waals surface area contributed by atoms with E-state index in [1.165, 1.54) is 10.9 Å². The van der Waals surface area contributed by atoms with E-state index < -0.39 is 0 Å². The van der Waals surface area contributed by atoms with Crippen molar-refractivity contribution in [2.45, 2.75) is 13.3 Å². The normalized spacial score (nSPS) is 10.2. The van der Waals surface area contributed by atoms with E-state index in [1.54, 1.807) is 24.3 Å². The third-order valence-electron chi connectivity index (χ3n) is 3.89. The number of hydrogen-bond donors (Lipinski definition) is 2. The smallest absolute Gasteiger partial charge is 0.255 e. The van der Waals surface area contributed by atoms with Crippen molar-refractivity contribution in [1.29, 1.82) is 5.26 Å². The van der Waals surface area contributed by atoms with E-state index in [9.17, 15) is 4.79 Å². The molecule has 0 saturated heterocycles. The highest BCUT2D eigenvalue weighted by atomic mass is 16.1. The molecule has 0 radical (unpaired) electrons. The zero-order chi connectivity index (χ0) is 17.8. The van der Waals surface area contributed by atoms with Crippen LogP contribution in [0.3, 0.4) is 0 Å². The van der Waals surface area contributed by atoms with Crippen LogP contribution in [-0.2, 0) is 6.42 Å². The molecule has 0 bridgehead atoms. The maximum absolute atomic E-state index is 12.4. The first kappa shape index (κ1) is 16.3. The highest BCUT2D eigenvalue weighted by Gasteiger charge is 2.10. The van der Waals surface area contributed by atoms with Gasteiger partial charge in [0.25, 0.3) is 5.91 Å². The van der Waals surface area contributed by atoms with Crippen LogP contribution >= 0.6 is 0 Å². The predicted molar refractivity (Wildman–Crippen MR) is 96.5 cm³/mol. The number of benzene rings is 2. The highest BCUT2D eigenvalue weighted by Crippen LogP contribution is 2.18. The minimum atomic E-state index is -0.189. The number of carbonyl (C=O) groups excluding carboxylic acids is 1. The van der Waals surface area contributed by atoms with Crippen LogP contribution in [0.2, 0.25) is 0 Å². The molecule has 25 heavy (non-hydrogen) atoms. The van der Waals surface area contributed by atoms with Gasteiger partial charge in [0.2, 0.25) is 0 Å². The number of nitriles is 1. The number of rotatable bonds is 4. The molecule has 0 aliphatic heterocycles. The maximum atomic E-state index is 12.4. The van der Waals surface area contributed by atoms with Crippen LogP contribution < -0.4 is 11.1 Å². The van der Waals surface area contributed by atoms with Crippen LogP contribution in [0.1, 0.15) is 28.4 Å². The molecule has 2 aromatic carbocycles. The van der Waals surface area contributed by atoms with Gasteiger partial charge in [0.05, 0.1) is 11.9 Å². The van der Waals surface area contributed by atoms with Crippen molar-refractivity contribution in [3.63, 3.8) is 0 Å². The molecule has 1 aromatic heterocycles. The largest absolute Gasteiger partial charge is 0.382 e. The number of nitrogen functional groups attached to an aromatic ring is 1. The molecule has 6 nitrogen and oxygen atoms in total. The van der Waals surface area contributed by atoms with E-state index in [2.05, 4.69) is 17.3 Å². The molecule has 0 fully saturated rings. The number of nitrogens with two attached hydrogens (primary N) is 1. The standard InChI is InChI=1S/C19H17N5O/c1-2-13-4-3-5-16(10-13)23-19(25)14-6-8-17(9-7-14)24-18(21)15(11-20)12-22-24/h3-10,12H,2,21H2,1H3,(H,23,25). The number of carbonyl (C=O) groups is 1.